The predicted molar refractivity (Wildman–Crippen MR) is 130 cm³/mol. The Labute approximate surface area is 192 Å². The van der Waals surface area contributed by atoms with E-state index in [2.05, 4.69) is 30.7 Å². The van der Waals surface area contributed by atoms with Crippen LogP contribution in [-0.2, 0) is 11.0 Å². The summed E-state index contributed by atoms with van der Waals surface area (Å²) in [5, 5.41) is 1.01. The first kappa shape index (κ1) is 22.0. The highest BCUT2D eigenvalue weighted by atomic mass is 32.2. The van der Waals surface area contributed by atoms with Gasteiger partial charge in [0.25, 0.3) is 0 Å². The number of hydrogen-bond donors (Lipinski definition) is 2. The van der Waals surface area contributed by atoms with Crippen LogP contribution in [0.3, 0.4) is 0 Å². The van der Waals surface area contributed by atoms with Gasteiger partial charge in [0, 0.05) is 53.8 Å². The lowest BCUT2D eigenvalue weighted by Gasteiger charge is -2.11. The molecule has 1 atom stereocenters. The van der Waals surface area contributed by atoms with Crippen molar-refractivity contribution in [3.8, 4) is 22.3 Å². The Morgan fingerprint density at radius 2 is 1.48 bits per heavy atom. The summed E-state index contributed by atoms with van der Waals surface area (Å²) >= 11 is 0. The van der Waals surface area contributed by atoms with Crippen LogP contribution in [0, 0.1) is 0 Å². The predicted octanol–water partition coefficient (Wildman–Crippen LogP) is 3.65. The minimum Gasteiger partial charge on any atom is -0.412 e. The van der Waals surface area contributed by atoms with Crippen LogP contribution in [0.4, 0.5) is 11.5 Å². The lowest BCUT2D eigenvalue weighted by atomic mass is 9.98. The first-order chi connectivity index (χ1) is 15.7. The number of nitrogens with one attached hydrogen (secondary N) is 1. The molecule has 164 valence electrons. The molecule has 0 fully saturated rings. The van der Waals surface area contributed by atoms with Gasteiger partial charge in [-0.15, -0.1) is 0 Å². The maximum absolute atomic E-state index is 12.9. The molecular weight excluding hydrogens is 436 g/mol. The number of hydrogen-bond acceptors (Lipinski definition) is 6. The van der Waals surface area contributed by atoms with Gasteiger partial charge < -0.3 is 15.9 Å². The van der Waals surface area contributed by atoms with Gasteiger partial charge in [0.05, 0.1) is 5.52 Å². The van der Waals surface area contributed by atoms with Crippen LogP contribution in [-0.4, -0.2) is 29.6 Å². The van der Waals surface area contributed by atoms with Crippen LogP contribution in [0.25, 0.3) is 33.2 Å². The van der Waals surface area contributed by atoms with Crippen molar-refractivity contribution in [2.75, 3.05) is 10.5 Å². The number of pyridine rings is 4. The fourth-order valence-corrected chi connectivity index (χ4v) is 4.39. The molecule has 0 saturated heterocycles. The Hall–Kier alpha value is -4.21. The van der Waals surface area contributed by atoms with E-state index in [-0.39, 0.29) is 11.3 Å². The average Bonchev–Trinajstić information content (AvgIpc) is 2.85. The van der Waals surface area contributed by atoms with Crippen molar-refractivity contribution < 1.29 is 9.69 Å². The maximum Gasteiger partial charge on any atom is 0.154 e. The number of nitrogens with zero attached hydrogens (tertiary/aromatic N) is 4. The smallest absolute Gasteiger partial charge is 0.154 e. The topological polar surface area (TPSA) is 138 Å². The molecule has 0 amide bonds. The number of fused-ring (bicyclic) bond motifs is 1. The summed E-state index contributed by atoms with van der Waals surface area (Å²) in [6, 6.07) is 17.2. The highest BCUT2D eigenvalue weighted by Crippen LogP contribution is 2.32. The standard InChI is InChI=1S/C24H18N6OS.H2O/c25-24-23(32(31)30-19-5-10-27-11-6-19)14-18(15-29-24)17-1-2-22-21(13-17)20(7-12-28-22)16-3-8-26-9-4-16;/h1-15H,(H2,25,29)(H,27,30);1H2. The zero-order valence-electron chi connectivity index (χ0n) is 17.3. The summed E-state index contributed by atoms with van der Waals surface area (Å²) < 4.78 is 15.8. The van der Waals surface area contributed by atoms with Crippen molar-refractivity contribution in [3.05, 3.63) is 91.8 Å². The van der Waals surface area contributed by atoms with Crippen molar-refractivity contribution in [3.63, 3.8) is 0 Å². The Morgan fingerprint density at radius 1 is 0.758 bits per heavy atom. The van der Waals surface area contributed by atoms with E-state index in [1.165, 1.54) is 0 Å². The second-order valence-electron chi connectivity index (χ2n) is 7.04. The summed E-state index contributed by atoms with van der Waals surface area (Å²) in [7, 11) is -1.58. The maximum atomic E-state index is 12.9. The fraction of sp³-hybridized carbons (Fsp3) is 0. The molecule has 1 aromatic carbocycles. The van der Waals surface area contributed by atoms with E-state index in [0.717, 1.165) is 33.2 Å². The van der Waals surface area contributed by atoms with Gasteiger partial charge in [-0.3, -0.25) is 15.0 Å². The van der Waals surface area contributed by atoms with Gasteiger partial charge in [-0.05, 0) is 65.2 Å². The SMILES string of the molecule is Nc1ncc(-c2ccc3nccc(-c4ccncc4)c3c2)cc1S(=O)Nc1ccncc1.O. The Kier molecular flexibility index (Phi) is 6.34. The number of nitrogens with two attached hydrogens (primary N) is 1. The summed E-state index contributed by atoms with van der Waals surface area (Å²) in [6.07, 6.45) is 10.3. The number of rotatable bonds is 5. The molecular formula is C24H20N6O2S. The molecule has 0 aliphatic rings. The molecule has 0 spiro atoms. The van der Waals surface area contributed by atoms with Crippen LogP contribution in [0.2, 0.25) is 0 Å². The third-order valence-corrected chi connectivity index (χ3v) is 6.19. The second-order valence-corrected chi connectivity index (χ2v) is 8.22. The Bertz CT molecular complexity index is 1430. The zero-order valence-corrected chi connectivity index (χ0v) is 18.2. The van der Waals surface area contributed by atoms with Gasteiger partial charge in [0.2, 0.25) is 0 Å². The molecule has 0 radical (unpaired) electrons. The minimum atomic E-state index is -1.58. The number of benzene rings is 1. The fourth-order valence-electron chi connectivity index (χ4n) is 3.45. The summed E-state index contributed by atoms with van der Waals surface area (Å²) in [6.45, 7) is 0. The average molecular weight is 457 g/mol. The van der Waals surface area contributed by atoms with Crippen molar-refractivity contribution >= 4 is 33.4 Å². The van der Waals surface area contributed by atoms with Crippen molar-refractivity contribution in [1.82, 2.24) is 19.9 Å². The van der Waals surface area contributed by atoms with E-state index in [9.17, 15) is 4.21 Å². The first-order valence-corrected chi connectivity index (χ1v) is 11.0. The van der Waals surface area contributed by atoms with Gasteiger partial charge in [0.1, 0.15) is 10.7 Å². The van der Waals surface area contributed by atoms with Crippen LogP contribution >= 0.6 is 0 Å². The molecule has 0 saturated carbocycles. The Morgan fingerprint density at radius 3 is 2.24 bits per heavy atom. The third kappa shape index (κ3) is 4.54. The van der Waals surface area contributed by atoms with E-state index in [4.69, 9.17) is 5.73 Å². The number of aromatic nitrogens is 4. The molecule has 5 rings (SSSR count). The van der Waals surface area contributed by atoms with Gasteiger partial charge in [-0.2, -0.15) is 0 Å². The molecule has 1 unspecified atom stereocenters. The van der Waals surface area contributed by atoms with Crippen LogP contribution in [0.15, 0.2) is 96.7 Å². The lowest BCUT2D eigenvalue weighted by molar-refractivity contribution is 0.686. The molecule has 4 aromatic heterocycles. The van der Waals surface area contributed by atoms with Crippen molar-refractivity contribution in [2.45, 2.75) is 4.90 Å². The monoisotopic (exact) mass is 456 g/mol. The highest BCUT2D eigenvalue weighted by Gasteiger charge is 2.13. The molecule has 9 heteroatoms. The number of anilines is 2. The van der Waals surface area contributed by atoms with Gasteiger partial charge in [0.15, 0.2) is 11.0 Å². The van der Waals surface area contributed by atoms with E-state index in [0.29, 0.717) is 10.6 Å². The third-order valence-electron chi connectivity index (χ3n) is 5.04. The van der Waals surface area contributed by atoms with E-state index in [1.807, 2.05) is 30.3 Å². The van der Waals surface area contributed by atoms with Crippen LogP contribution < -0.4 is 10.5 Å². The van der Waals surface area contributed by atoms with Crippen molar-refractivity contribution in [1.29, 1.82) is 0 Å². The Balaban J connectivity index is 0.00000259. The zero-order chi connectivity index (χ0) is 21.9. The number of nitrogen functional groups attached to an aromatic ring is 1. The summed E-state index contributed by atoms with van der Waals surface area (Å²) in [5.74, 6) is 0.216. The van der Waals surface area contributed by atoms with E-state index >= 15 is 0 Å². The summed E-state index contributed by atoms with van der Waals surface area (Å²) in [5.41, 5.74) is 11.5. The minimum absolute atomic E-state index is 0. The van der Waals surface area contributed by atoms with Crippen LogP contribution in [0.5, 0.6) is 0 Å². The highest BCUT2D eigenvalue weighted by molar-refractivity contribution is 7.86. The normalized spacial score (nSPS) is 11.5. The van der Waals surface area contributed by atoms with Crippen molar-refractivity contribution in [2.24, 2.45) is 0 Å². The molecule has 4 heterocycles. The molecule has 0 bridgehead atoms. The lowest BCUT2D eigenvalue weighted by Crippen LogP contribution is -2.08. The molecule has 5 aromatic rings. The molecule has 0 aliphatic heterocycles. The quantitative estimate of drug-likeness (QED) is 0.414. The second kappa shape index (κ2) is 9.51. The molecule has 8 nitrogen and oxygen atoms in total. The van der Waals surface area contributed by atoms with Gasteiger partial charge >= 0.3 is 0 Å². The molecule has 5 N–H and O–H groups in total. The van der Waals surface area contributed by atoms with E-state index < -0.39 is 11.0 Å². The largest absolute Gasteiger partial charge is 0.412 e. The van der Waals surface area contributed by atoms with Crippen LogP contribution in [0.1, 0.15) is 0 Å². The summed E-state index contributed by atoms with van der Waals surface area (Å²) in [4.78, 5) is 17.3. The van der Waals surface area contributed by atoms with Gasteiger partial charge in [-0.25, -0.2) is 9.19 Å². The molecule has 33 heavy (non-hydrogen) atoms. The van der Waals surface area contributed by atoms with E-state index in [1.54, 1.807) is 55.4 Å². The molecule has 0 aliphatic carbocycles. The van der Waals surface area contributed by atoms with Gasteiger partial charge in [-0.1, -0.05) is 6.07 Å². The first-order valence-electron chi connectivity index (χ1n) is 9.82.